The summed E-state index contributed by atoms with van der Waals surface area (Å²) in [7, 11) is 3.84. The van der Waals surface area contributed by atoms with Crippen molar-refractivity contribution < 1.29 is 9.47 Å². The summed E-state index contributed by atoms with van der Waals surface area (Å²) in [5.74, 6) is 0.893. The van der Waals surface area contributed by atoms with Gasteiger partial charge in [0.05, 0.1) is 25.9 Å². The number of methoxy groups -OCH3 is 1. The number of likely N-dealkylation sites (N-methyl/N-ethyl adjacent to an activating group) is 2. The molecule has 19 heavy (non-hydrogen) atoms. The summed E-state index contributed by atoms with van der Waals surface area (Å²) in [6, 6.07) is 8.44. The van der Waals surface area contributed by atoms with Crippen LogP contribution in [0, 0.1) is 0 Å². The third-order valence-electron chi connectivity index (χ3n) is 3.55. The van der Waals surface area contributed by atoms with Crippen LogP contribution in [0.1, 0.15) is 18.5 Å². The first-order valence-corrected chi connectivity index (χ1v) is 6.92. The SMILES string of the molecule is CCNC(c1cccc(OC)c1)C1CN(C)CCO1. The fourth-order valence-electron chi connectivity index (χ4n) is 2.53. The lowest BCUT2D eigenvalue weighted by Crippen LogP contribution is -2.46. The molecular weight excluding hydrogens is 240 g/mol. The number of ether oxygens (including phenoxy) is 2. The van der Waals surface area contributed by atoms with Crippen LogP contribution in [0.2, 0.25) is 0 Å². The summed E-state index contributed by atoms with van der Waals surface area (Å²) in [6.45, 7) is 5.81. The zero-order chi connectivity index (χ0) is 13.7. The molecule has 4 heteroatoms. The highest BCUT2D eigenvalue weighted by molar-refractivity contribution is 5.31. The number of benzene rings is 1. The van der Waals surface area contributed by atoms with E-state index in [4.69, 9.17) is 9.47 Å². The molecule has 1 N–H and O–H groups in total. The number of rotatable bonds is 5. The third-order valence-corrected chi connectivity index (χ3v) is 3.55. The average Bonchev–Trinajstić information content (AvgIpc) is 2.45. The predicted octanol–water partition coefficient (Wildman–Crippen LogP) is 1.68. The lowest BCUT2D eigenvalue weighted by Gasteiger charge is -2.35. The molecule has 0 radical (unpaired) electrons. The van der Waals surface area contributed by atoms with Crippen LogP contribution in [-0.4, -0.2) is 51.4 Å². The van der Waals surface area contributed by atoms with Crippen molar-refractivity contribution in [2.45, 2.75) is 19.1 Å². The first-order valence-electron chi connectivity index (χ1n) is 6.92. The van der Waals surface area contributed by atoms with Crippen molar-refractivity contribution in [1.82, 2.24) is 10.2 Å². The summed E-state index contributed by atoms with van der Waals surface area (Å²) in [6.07, 6.45) is 0.186. The quantitative estimate of drug-likeness (QED) is 0.877. The molecule has 1 aromatic rings. The molecule has 0 spiro atoms. The van der Waals surface area contributed by atoms with Crippen LogP contribution in [0.5, 0.6) is 5.75 Å². The fraction of sp³-hybridized carbons (Fsp3) is 0.600. The van der Waals surface area contributed by atoms with E-state index in [2.05, 4.69) is 36.3 Å². The minimum absolute atomic E-state index is 0.186. The van der Waals surface area contributed by atoms with Gasteiger partial charge in [0.15, 0.2) is 0 Å². The monoisotopic (exact) mass is 264 g/mol. The Morgan fingerprint density at radius 2 is 2.37 bits per heavy atom. The Labute approximate surface area is 115 Å². The van der Waals surface area contributed by atoms with Gasteiger partial charge in [0.25, 0.3) is 0 Å². The second kappa shape index (κ2) is 6.89. The van der Waals surface area contributed by atoms with Crippen LogP contribution in [0.3, 0.4) is 0 Å². The van der Waals surface area contributed by atoms with E-state index in [9.17, 15) is 0 Å². The molecule has 0 aliphatic carbocycles. The Kier molecular flexibility index (Phi) is 5.19. The molecule has 4 nitrogen and oxygen atoms in total. The molecule has 1 heterocycles. The number of hydrogen-bond donors (Lipinski definition) is 1. The minimum Gasteiger partial charge on any atom is -0.497 e. The Balaban J connectivity index is 2.17. The van der Waals surface area contributed by atoms with Gasteiger partial charge in [0.2, 0.25) is 0 Å². The molecule has 0 aromatic heterocycles. The van der Waals surface area contributed by atoms with E-state index in [1.807, 2.05) is 12.1 Å². The minimum atomic E-state index is 0.186. The maximum Gasteiger partial charge on any atom is 0.119 e. The molecule has 1 saturated heterocycles. The van der Waals surface area contributed by atoms with E-state index in [0.717, 1.165) is 32.0 Å². The highest BCUT2D eigenvalue weighted by Crippen LogP contribution is 2.25. The second-order valence-corrected chi connectivity index (χ2v) is 4.98. The first kappa shape index (κ1) is 14.3. The van der Waals surface area contributed by atoms with E-state index < -0.39 is 0 Å². The van der Waals surface area contributed by atoms with Crippen LogP contribution >= 0.6 is 0 Å². The summed E-state index contributed by atoms with van der Waals surface area (Å²) >= 11 is 0. The second-order valence-electron chi connectivity index (χ2n) is 4.98. The number of morpholine rings is 1. The van der Waals surface area contributed by atoms with Gasteiger partial charge in [-0.05, 0) is 31.3 Å². The fourth-order valence-corrected chi connectivity index (χ4v) is 2.53. The Hall–Kier alpha value is -1.10. The van der Waals surface area contributed by atoms with Crippen molar-refractivity contribution >= 4 is 0 Å². The molecule has 2 atom stereocenters. The van der Waals surface area contributed by atoms with E-state index in [0.29, 0.717) is 0 Å². The summed E-state index contributed by atoms with van der Waals surface area (Å²) in [5, 5.41) is 3.53. The highest BCUT2D eigenvalue weighted by atomic mass is 16.5. The van der Waals surface area contributed by atoms with Gasteiger partial charge < -0.3 is 19.7 Å². The molecule has 1 aromatic carbocycles. The van der Waals surface area contributed by atoms with Crippen LogP contribution in [0.4, 0.5) is 0 Å². The van der Waals surface area contributed by atoms with E-state index in [1.54, 1.807) is 7.11 Å². The molecule has 1 fully saturated rings. The lowest BCUT2D eigenvalue weighted by molar-refractivity contribution is -0.0390. The molecule has 2 unspecified atom stereocenters. The maximum absolute atomic E-state index is 5.95. The van der Waals surface area contributed by atoms with Crippen LogP contribution < -0.4 is 10.1 Å². The van der Waals surface area contributed by atoms with Crippen molar-refractivity contribution in [2.75, 3.05) is 40.4 Å². The van der Waals surface area contributed by atoms with Gasteiger partial charge in [-0.25, -0.2) is 0 Å². The van der Waals surface area contributed by atoms with Gasteiger partial charge in [-0.2, -0.15) is 0 Å². The Morgan fingerprint density at radius 1 is 1.53 bits per heavy atom. The van der Waals surface area contributed by atoms with Gasteiger partial charge >= 0.3 is 0 Å². The van der Waals surface area contributed by atoms with Gasteiger partial charge in [0.1, 0.15) is 5.75 Å². The van der Waals surface area contributed by atoms with Gasteiger partial charge in [-0.15, -0.1) is 0 Å². The standard InChI is InChI=1S/C15H24N2O2/c1-4-16-15(14-11-17(2)8-9-19-14)12-6-5-7-13(10-12)18-3/h5-7,10,14-16H,4,8-9,11H2,1-3H3. The van der Waals surface area contributed by atoms with Crippen molar-refractivity contribution in [3.63, 3.8) is 0 Å². The van der Waals surface area contributed by atoms with Crippen LogP contribution in [-0.2, 0) is 4.74 Å². The summed E-state index contributed by atoms with van der Waals surface area (Å²) in [5.41, 5.74) is 1.22. The highest BCUT2D eigenvalue weighted by Gasteiger charge is 2.27. The third kappa shape index (κ3) is 3.69. The lowest BCUT2D eigenvalue weighted by atomic mass is 9.99. The number of nitrogens with zero attached hydrogens (tertiary/aromatic N) is 1. The molecule has 0 saturated carbocycles. The van der Waals surface area contributed by atoms with Gasteiger partial charge in [-0.1, -0.05) is 19.1 Å². The largest absolute Gasteiger partial charge is 0.497 e. The zero-order valence-corrected chi connectivity index (χ0v) is 12.1. The number of hydrogen-bond acceptors (Lipinski definition) is 4. The van der Waals surface area contributed by atoms with Crippen molar-refractivity contribution in [1.29, 1.82) is 0 Å². The van der Waals surface area contributed by atoms with Crippen molar-refractivity contribution in [3.05, 3.63) is 29.8 Å². The Morgan fingerprint density at radius 3 is 3.05 bits per heavy atom. The molecular formula is C15H24N2O2. The molecule has 106 valence electrons. The predicted molar refractivity (Wildman–Crippen MR) is 76.6 cm³/mol. The van der Waals surface area contributed by atoms with Crippen LogP contribution in [0.15, 0.2) is 24.3 Å². The van der Waals surface area contributed by atoms with E-state index in [-0.39, 0.29) is 12.1 Å². The summed E-state index contributed by atoms with van der Waals surface area (Å²) < 4.78 is 11.3. The van der Waals surface area contributed by atoms with Crippen molar-refractivity contribution in [3.8, 4) is 5.75 Å². The van der Waals surface area contributed by atoms with E-state index in [1.165, 1.54) is 5.56 Å². The first-order chi connectivity index (χ1) is 9.24. The normalized spacial score (nSPS) is 22.2. The molecule has 1 aliphatic rings. The smallest absolute Gasteiger partial charge is 0.119 e. The molecule has 0 amide bonds. The maximum atomic E-state index is 5.95. The zero-order valence-electron chi connectivity index (χ0n) is 12.1. The average molecular weight is 264 g/mol. The topological polar surface area (TPSA) is 33.7 Å². The number of nitrogens with one attached hydrogen (secondary N) is 1. The summed E-state index contributed by atoms with van der Waals surface area (Å²) in [4.78, 5) is 2.32. The Bertz CT molecular complexity index is 397. The van der Waals surface area contributed by atoms with Gasteiger partial charge in [-0.3, -0.25) is 0 Å². The van der Waals surface area contributed by atoms with Crippen molar-refractivity contribution in [2.24, 2.45) is 0 Å². The molecule has 1 aliphatic heterocycles. The van der Waals surface area contributed by atoms with E-state index >= 15 is 0 Å². The van der Waals surface area contributed by atoms with Gasteiger partial charge in [0, 0.05) is 13.1 Å². The molecule has 0 bridgehead atoms. The van der Waals surface area contributed by atoms with Crippen LogP contribution in [0.25, 0.3) is 0 Å². The molecule has 2 rings (SSSR count).